The van der Waals surface area contributed by atoms with E-state index < -0.39 is 5.60 Å². The number of nitrogens with one attached hydrogen (secondary N) is 1. The Morgan fingerprint density at radius 1 is 1.39 bits per heavy atom. The zero-order valence-corrected chi connectivity index (χ0v) is 13.1. The van der Waals surface area contributed by atoms with E-state index in [2.05, 4.69) is 15.2 Å². The maximum absolute atomic E-state index is 10.4. The van der Waals surface area contributed by atoms with Crippen molar-refractivity contribution in [2.75, 3.05) is 26.7 Å². The predicted octanol–water partition coefficient (Wildman–Crippen LogP) is 1.40. The van der Waals surface area contributed by atoms with E-state index in [0.29, 0.717) is 6.54 Å². The molecule has 0 radical (unpaired) electrons. The van der Waals surface area contributed by atoms with Gasteiger partial charge in [0.15, 0.2) is 5.96 Å². The molecule has 1 aliphatic heterocycles. The fourth-order valence-electron chi connectivity index (χ4n) is 1.87. The lowest BCUT2D eigenvalue weighted by molar-refractivity contribution is 0.0613. The zero-order chi connectivity index (χ0) is 12.3. The molecule has 1 aromatic carbocycles. The van der Waals surface area contributed by atoms with Gasteiger partial charge in [-0.15, -0.1) is 24.0 Å². The van der Waals surface area contributed by atoms with Crippen molar-refractivity contribution >= 4 is 29.9 Å². The molecule has 5 heteroatoms. The number of aliphatic hydroxyl groups is 1. The molecular weight excluding hydrogens is 341 g/mol. The van der Waals surface area contributed by atoms with Crippen LogP contribution in [-0.2, 0) is 5.60 Å². The van der Waals surface area contributed by atoms with Crippen LogP contribution in [0.25, 0.3) is 0 Å². The monoisotopic (exact) mass is 361 g/mol. The Labute approximate surface area is 125 Å². The summed E-state index contributed by atoms with van der Waals surface area (Å²) in [5.74, 6) is 0.862. The summed E-state index contributed by atoms with van der Waals surface area (Å²) in [5, 5.41) is 13.6. The third-order valence-electron chi connectivity index (χ3n) is 3.04. The Balaban J connectivity index is 0.00000162. The summed E-state index contributed by atoms with van der Waals surface area (Å²) >= 11 is 0. The predicted molar refractivity (Wildman–Crippen MR) is 84.4 cm³/mol. The second-order valence-corrected chi connectivity index (χ2v) is 4.62. The molecule has 1 unspecified atom stereocenters. The van der Waals surface area contributed by atoms with Crippen molar-refractivity contribution in [3.05, 3.63) is 35.9 Å². The van der Waals surface area contributed by atoms with Crippen molar-refractivity contribution in [2.45, 2.75) is 12.5 Å². The van der Waals surface area contributed by atoms with Crippen LogP contribution in [0.1, 0.15) is 12.5 Å². The van der Waals surface area contributed by atoms with E-state index in [9.17, 15) is 5.11 Å². The molecule has 0 bridgehead atoms. The van der Waals surface area contributed by atoms with E-state index in [1.54, 1.807) is 0 Å². The van der Waals surface area contributed by atoms with Crippen LogP contribution in [0.2, 0.25) is 0 Å². The average Bonchev–Trinajstić information content (AvgIpc) is 2.74. The van der Waals surface area contributed by atoms with Crippen molar-refractivity contribution < 1.29 is 5.11 Å². The third kappa shape index (κ3) is 3.58. The van der Waals surface area contributed by atoms with Crippen LogP contribution in [-0.4, -0.2) is 42.6 Å². The molecule has 4 nitrogen and oxygen atoms in total. The molecule has 0 saturated carbocycles. The Kier molecular flexibility index (Phi) is 5.40. The first-order valence-electron chi connectivity index (χ1n) is 5.87. The lowest BCUT2D eigenvalue weighted by Gasteiger charge is -2.26. The highest BCUT2D eigenvalue weighted by Crippen LogP contribution is 2.19. The van der Waals surface area contributed by atoms with E-state index >= 15 is 0 Å². The maximum atomic E-state index is 10.4. The highest BCUT2D eigenvalue weighted by molar-refractivity contribution is 14.0. The molecular formula is C13H20IN3O. The van der Waals surface area contributed by atoms with Crippen molar-refractivity contribution in [1.29, 1.82) is 0 Å². The number of halogens is 1. The minimum absolute atomic E-state index is 0. The van der Waals surface area contributed by atoms with E-state index in [1.807, 2.05) is 44.3 Å². The Morgan fingerprint density at radius 3 is 2.61 bits per heavy atom. The van der Waals surface area contributed by atoms with Crippen molar-refractivity contribution in [1.82, 2.24) is 10.2 Å². The second kappa shape index (κ2) is 6.38. The summed E-state index contributed by atoms with van der Waals surface area (Å²) in [6.45, 7) is 4.03. The van der Waals surface area contributed by atoms with Crippen molar-refractivity contribution in [3.8, 4) is 0 Å². The molecule has 2 rings (SSSR count). The number of benzene rings is 1. The van der Waals surface area contributed by atoms with Gasteiger partial charge in [-0.1, -0.05) is 30.3 Å². The van der Waals surface area contributed by atoms with Crippen LogP contribution in [0.15, 0.2) is 35.3 Å². The third-order valence-corrected chi connectivity index (χ3v) is 3.04. The molecule has 1 aromatic rings. The van der Waals surface area contributed by atoms with Crippen LogP contribution in [0.4, 0.5) is 0 Å². The molecule has 0 aliphatic carbocycles. The summed E-state index contributed by atoms with van der Waals surface area (Å²) in [5.41, 5.74) is 0.0291. The summed E-state index contributed by atoms with van der Waals surface area (Å²) in [6, 6.07) is 9.68. The largest absolute Gasteiger partial charge is 0.384 e. The first kappa shape index (κ1) is 15.2. The molecule has 1 heterocycles. The van der Waals surface area contributed by atoms with Crippen LogP contribution >= 0.6 is 24.0 Å². The standard InChI is InChI=1S/C13H19N3O.HI/c1-13(17,11-6-4-3-5-7-11)10-15-12-14-8-9-16(12)2;/h3-7,17H,8-10H2,1-2H3,(H,14,15);1H. The summed E-state index contributed by atoms with van der Waals surface area (Å²) in [4.78, 5) is 6.39. The smallest absolute Gasteiger partial charge is 0.193 e. The minimum Gasteiger partial charge on any atom is -0.384 e. The molecule has 0 aromatic heterocycles. The molecule has 0 fully saturated rings. The number of aliphatic imine (C=N–C) groups is 1. The number of rotatable bonds is 3. The van der Waals surface area contributed by atoms with Crippen LogP contribution in [0, 0.1) is 0 Å². The second-order valence-electron chi connectivity index (χ2n) is 4.62. The fraction of sp³-hybridized carbons (Fsp3) is 0.462. The lowest BCUT2D eigenvalue weighted by atomic mass is 9.96. The summed E-state index contributed by atoms with van der Waals surface area (Å²) < 4.78 is 0. The first-order chi connectivity index (χ1) is 8.09. The maximum Gasteiger partial charge on any atom is 0.193 e. The van der Waals surface area contributed by atoms with Gasteiger partial charge in [0.25, 0.3) is 0 Å². The topological polar surface area (TPSA) is 47.9 Å². The number of nitrogens with zero attached hydrogens (tertiary/aromatic N) is 2. The van der Waals surface area contributed by atoms with E-state index in [-0.39, 0.29) is 24.0 Å². The Bertz CT molecular complexity index is 406. The SMILES string of the molecule is CN1CCN=C1NCC(C)(O)c1ccccc1.I. The van der Waals surface area contributed by atoms with Crippen LogP contribution < -0.4 is 5.32 Å². The van der Waals surface area contributed by atoms with E-state index in [0.717, 1.165) is 24.6 Å². The summed E-state index contributed by atoms with van der Waals surface area (Å²) in [6.07, 6.45) is 0. The fourth-order valence-corrected chi connectivity index (χ4v) is 1.87. The normalized spacial score (nSPS) is 17.7. The molecule has 1 aliphatic rings. The molecule has 0 spiro atoms. The number of guanidine groups is 1. The van der Waals surface area contributed by atoms with Gasteiger partial charge >= 0.3 is 0 Å². The molecule has 100 valence electrons. The van der Waals surface area contributed by atoms with Gasteiger partial charge in [0.1, 0.15) is 5.60 Å². The van der Waals surface area contributed by atoms with Gasteiger partial charge in [-0.05, 0) is 12.5 Å². The van der Waals surface area contributed by atoms with Gasteiger partial charge in [0.2, 0.25) is 0 Å². The molecule has 0 saturated heterocycles. The highest BCUT2D eigenvalue weighted by atomic mass is 127. The van der Waals surface area contributed by atoms with Crippen LogP contribution in [0.3, 0.4) is 0 Å². The van der Waals surface area contributed by atoms with Gasteiger partial charge in [0.05, 0.1) is 13.1 Å². The van der Waals surface area contributed by atoms with Crippen molar-refractivity contribution in [3.63, 3.8) is 0 Å². The van der Waals surface area contributed by atoms with Gasteiger partial charge in [-0.3, -0.25) is 4.99 Å². The number of likely N-dealkylation sites (N-methyl/N-ethyl adjacent to an activating group) is 1. The van der Waals surface area contributed by atoms with Gasteiger partial charge < -0.3 is 15.3 Å². The molecule has 2 N–H and O–H groups in total. The Hall–Kier alpha value is -0.820. The minimum atomic E-state index is -0.882. The quantitative estimate of drug-likeness (QED) is 0.801. The molecule has 0 amide bonds. The number of hydrogen-bond acceptors (Lipinski definition) is 4. The van der Waals surface area contributed by atoms with E-state index in [4.69, 9.17) is 0 Å². The lowest BCUT2D eigenvalue weighted by Crippen LogP contribution is -2.43. The highest BCUT2D eigenvalue weighted by Gasteiger charge is 2.24. The summed E-state index contributed by atoms with van der Waals surface area (Å²) in [7, 11) is 2.00. The molecule has 18 heavy (non-hydrogen) atoms. The average molecular weight is 361 g/mol. The van der Waals surface area contributed by atoms with Crippen LogP contribution in [0.5, 0.6) is 0 Å². The molecule has 1 atom stereocenters. The van der Waals surface area contributed by atoms with Crippen molar-refractivity contribution in [2.24, 2.45) is 4.99 Å². The van der Waals surface area contributed by atoms with Gasteiger partial charge in [-0.2, -0.15) is 0 Å². The Morgan fingerprint density at radius 2 is 2.06 bits per heavy atom. The first-order valence-corrected chi connectivity index (χ1v) is 5.87. The zero-order valence-electron chi connectivity index (χ0n) is 10.8. The number of hydrogen-bond donors (Lipinski definition) is 2. The van der Waals surface area contributed by atoms with Gasteiger partial charge in [0, 0.05) is 13.6 Å². The van der Waals surface area contributed by atoms with E-state index in [1.165, 1.54) is 0 Å². The van der Waals surface area contributed by atoms with Gasteiger partial charge in [-0.25, -0.2) is 0 Å².